The van der Waals surface area contributed by atoms with Gasteiger partial charge in [-0.2, -0.15) is 0 Å². The molecule has 1 unspecified atom stereocenters. The molecule has 3 aromatic carbocycles. The Labute approximate surface area is 277 Å². The number of carbonyl (C=O) groups is 1. The Morgan fingerprint density at radius 1 is 0.935 bits per heavy atom. The molecule has 2 heterocycles. The molecule has 0 bridgehead atoms. The summed E-state index contributed by atoms with van der Waals surface area (Å²) >= 11 is 1.70. The number of unbranched alkanes of at least 4 members (excludes halogenated alkanes) is 1. The summed E-state index contributed by atoms with van der Waals surface area (Å²) in [4.78, 5) is 17.1. The van der Waals surface area contributed by atoms with E-state index in [4.69, 9.17) is 9.47 Å². The number of carbonyl (C=O) groups excluding carboxylic acids is 1. The highest BCUT2D eigenvalue weighted by Gasteiger charge is 2.21. The molecule has 0 saturated carbocycles. The van der Waals surface area contributed by atoms with Crippen LogP contribution in [-0.2, 0) is 9.53 Å². The van der Waals surface area contributed by atoms with Gasteiger partial charge in [-0.1, -0.05) is 45.4 Å². The van der Waals surface area contributed by atoms with Crippen molar-refractivity contribution in [2.75, 3.05) is 43.1 Å². The molecule has 9 heteroatoms. The molecule has 4 aromatic rings. The number of benzene rings is 3. The number of anilines is 2. The molecule has 242 valence electrons. The number of fused-ring (bicyclic) bond motifs is 1. The second kappa shape index (κ2) is 16.5. The van der Waals surface area contributed by atoms with Gasteiger partial charge in [0, 0.05) is 41.5 Å². The van der Waals surface area contributed by atoms with E-state index in [9.17, 15) is 4.79 Å². The topological polar surface area (TPSA) is 81.5 Å². The lowest BCUT2D eigenvalue weighted by atomic mass is 10.00. The maximum atomic E-state index is 13.6. The molecule has 0 fully saturated rings. The van der Waals surface area contributed by atoms with E-state index >= 15 is 0 Å². The van der Waals surface area contributed by atoms with Crippen LogP contribution in [0.4, 0.5) is 11.4 Å². The van der Waals surface area contributed by atoms with Crippen LogP contribution in [0.1, 0.15) is 57.9 Å². The zero-order valence-corrected chi connectivity index (χ0v) is 28.1. The second-order valence-electron chi connectivity index (χ2n) is 12.0. The Morgan fingerprint density at radius 3 is 2.39 bits per heavy atom. The molecule has 5 rings (SSSR count). The Hall–Kier alpha value is -4.08. The van der Waals surface area contributed by atoms with E-state index in [1.165, 1.54) is 0 Å². The van der Waals surface area contributed by atoms with E-state index in [-0.39, 0.29) is 11.3 Å². The first-order valence-corrected chi connectivity index (χ1v) is 17.1. The first kappa shape index (κ1) is 33.3. The van der Waals surface area contributed by atoms with Crippen LogP contribution >= 0.6 is 11.8 Å². The molecule has 0 spiro atoms. The van der Waals surface area contributed by atoms with Gasteiger partial charge in [0.15, 0.2) is 0 Å². The molecule has 8 nitrogen and oxygen atoms in total. The maximum absolute atomic E-state index is 13.6. The summed E-state index contributed by atoms with van der Waals surface area (Å²) in [5.74, 6) is 1.26. The average molecular weight is 640 g/mol. The lowest BCUT2D eigenvalue weighted by molar-refractivity contribution is -0.112. The molecule has 1 aliphatic rings. The van der Waals surface area contributed by atoms with E-state index in [1.54, 1.807) is 24.4 Å². The molecule has 1 atom stereocenters. The SMILES string of the molecule is CCCCOCCOc1ccc(-c2ccc3c(c2)C=C(C(=O)Nc2ccc(SC(C)n4cnnc4)cc2)CCN3CC(C)C)cc1. The van der Waals surface area contributed by atoms with E-state index in [1.807, 2.05) is 41.0 Å². The van der Waals surface area contributed by atoms with Crippen LogP contribution in [0.2, 0.25) is 0 Å². The lowest BCUT2D eigenvalue weighted by Crippen LogP contribution is -2.29. The number of nitrogens with one attached hydrogen (secondary N) is 1. The zero-order chi connectivity index (χ0) is 32.3. The van der Waals surface area contributed by atoms with Crippen LogP contribution < -0.4 is 15.0 Å². The molecular formula is C37H45N5O3S. The summed E-state index contributed by atoms with van der Waals surface area (Å²) < 4.78 is 13.4. The Morgan fingerprint density at radius 2 is 1.67 bits per heavy atom. The van der Waals surface area contributed by atoms with Gasteiger partial charge in [-0.3, -0.25) is 4.79 Å². The standard InChI is InChI=1S/C37H45N5O3S/c1-5-6-19-44-20-21-45-34-12-7-29(8-13-34)30-9-16-36-32(22-30)23-31(17-18-41(36)24-27(2)3)37(43)40-33-10-14-35(15-11-33)46-28(4)42-25-38-39-26-42/h7-16,22-23,25-28H,5-6,17-21,24H2,1-4H3,(H,40,43). The van der Waals surface area contributed by atoms with Gasteiger partial charge in [0.2, 0.25) is 0 Å². The van der Waals surface area contributed by atoms with E-state index < -0.39 is 0 Å². The van der Waals surface area contributed by atoms with Crippen molar-refractivity contribution in [2.24, 2.45) is 5.92 Å². The van der Waals surface area contributed by atoms with Gasteiger partial charge in [-0.25, -0.2) is 0 Å². The lowest BCUT2D eigenvalue weighted by Gasteiger charge is -2.27. The van der Waals surface area contributed by atoms with Crippen LogP contribution in [0.25, 0.3) is 17.2 Å². The quantitative estimate of drug-likeness (QED) is 0.103. The number of aromatic nitrogens is 3. The highest BCUT2D eigenvalue weighted by atomic mass is 32.2. The van der Waals surface area contributed by atoms with Crippen molar-refractivity contribution in [2.45, 2.75) is 57.2 Å². The minimum Gasteiger partial charge on any atom is -0.491 e. The molecule has 0 radical (unpaired) electrons. The molecule has 1 N–H and O–H groups in total. The number of hydrogen-bond donors (Lipinski definition) is 1. The first-order chi connectivity index (χ1) is 22.4. The van der Waals surface area contributed by atoms with Crippen LogP contribution in [0.3, 0.4) is 0 Å². The summed E-state index contributed by atoms with van der Waals surface area (Å²) in [5, 5.41) is 11.1. The van der Waals surface area contributed by atoms with Crippen molar-refractivity contribution in [1.82, 2.24) is 14.8 Å². The predicted molar refractivity (Wildman–Crippen MR) is 188 cm³/mol. The van der Waals surface area contributed by atoms with Gasteiger partial charge in [0.25, 0.3) is 5.91 Å². The Kier molecular flexibility index (Phi) is 11.9. The largest absolute Gasteiger partial charge is 0.491 e. The predicted octanol–water partition coefficient (Wildman–Crippen LogP) is 8.34. The highest BCUT2D eigenvalue weighted by Crippen LogP contribution is 2.34. The monoisotopic (exact) mass is 639 g/mol. The van der Waals surface area contributed by atoms with Gasteiger partial charge < -0.3 is 24.3 Å². The minimum absolute atomic E-state index is 0.0683. The zero-order valence-electron chi connectivity index (χ0n) is 27.3. The third kappa shape index (κ3) is 9.23. The smallest absolute Gasteiger partial charge is 0.251 e. The van der Waals surface area contributed by atoms with Crippen molar-refractivity contribution in [3.63, 3.8) is 0 Å². The Balaban J connectivity index is 1.28. The van der Waals surface area contributed by atoms with Gasteiger partial charge >= 0.3 is 0 Å². The second-order valence-corrected chi connectivity index (χ2v) is 13.4. The summed E-state index contributed by atoms with van der Waals surface area (Å²) in [5.41, 5.74) is 5.97. The molecule has 46 heavy (non-hydrogen) atoms. The van der Waals surface area contributed by atoms with E-state index in [0.717, 1.165) is 76.8 Å². The van der Waals surface area contributed by atoms with Crippen molar-refractivity contribution >= 4 is 35.1 Å². The molecule has 1 aliphatic heterocycles. The third-order valence-corrected chi connectivity index (χ3v) is 8.96. The van der Waals surface area contributed by atoms with Gasteiger partial charge in [0.05, 0.1) is 12.0 Å². The fourth-order valence-electron chi connectivity index (χ4n) is 5.38. The minimum atomic E-state index is -0.0683. The van der Waals surface area contributed by atoms with Crippen molar-refractivity contribution in [3.8, 4) is 16.9 Å². The van der Waals surface area contributed by atoms with E-state index in [2.05, 4.69) is 84.5 Å². The maximum Gasteiger partial charge on any atom is 0.251 e. The molecule has 1 amide bonds. The molecule has 0 aliphatic carbocycles. The number of hydrogen-bond acceptors (Lipinski definition) is 7. The highest BCUT2D eigenvalue weighted by molar-refractivity contribution is 7.99. The fourth-order valence-corrected chi connectivity index (χ4v) is 6.29. The summed E-state index contributed by atoms with van der Waals surface area (Å²) in [6.45, 7) is 12.3. The Bertz CT molecular complexity index is 1570. The number of rotatable bonds is 15. The van der Waals surface area contributed by atoms with Crippen molar-refractivity contribution in [3.05, 3.63) is 90.5 Å². The number of ether oxygens (including phenoxy) is 2. The van der Waals surface area contributed by atoms with Crippen molar-refractivity contribution in [1.29, 1.82) is 0 Å². The van der Waals surface area contributed by atoms with Gasteiger partial charge in [0.1, 0.15) is 25.0 Å². The van der Waals surface area contributed by atoms with Crippen LogP contribution in [0, 0.1) is 5.92 Å². The van der Waals surface area contributed by atoms with Crippen LogP contribution in [0.15, 0.2) is 89.9 Å². The first-order valence-electron chi connectivity index (χ1n) is 16.2. The van der Waals surface area contributed by atoms with Crippen LogP contribution in [-0.4, -0.2) is 53.6 Å². The van der Waals surface area contributed by atoms with E-state index in [0.29, 0.717) is 25.6 Å². The van der Waals surface area contributed by atoms with Crippen molar-refractivity contribution < 1.29 is 14.3 Å². The summed E-state index contributed by atoms with van der Waals surface area (Å²) in [6.07, 6.45) is 8.37. The van der Waals surface area contributed by atoms with Gasteiger partial charge in [-0.15, -0.1) is 22.0 Å². The summed E-state index contributed by atoms with van der Waals surface area (Å²) in [6, 6.07) is 22.7. The number of thioether (sulfide) groups is 1. The third-order valence-electron chi connectivity index (χ3n) is 7.83. The van der Waals surface area contributed by atoms with Gasteiger partial charge in [-0.05, 0) is 97.0 Å². The fraction of sp³-hybridized carbons (Fsp3) is 0.378. The molecule has 0 saturated heterocycles. The molecular weight excluding hydrogens is 595 g/mol. The number of amides is 1. The molecule has 1 aromatic heterocycles. The number of nitrogens with zero attached hydrogens (tertiary/aromatic N) is 4. The van der Waals surface area contributed by atoms with Crippen LogP contribution in [0.5, 0.6) is 5.75 Å². The average Bonchev–Trinajstić information content (AvgIpc) is 3.54. The summed E-state index contributed by atoms with van der Waals surface area (Å²) in [7, 11) is 0. The normalized spacial score (nSPS) is 13.6.